The topological polar surface area (TPSA) is 102 Å². The molecule has 138 valence electrons. The molecule has 1 amide bonds. The largest absolute Gasteiger partial charge is 0.426 e. The number of thioether (sulfide) groups is 1. The maximum absolute atomic E-state index is 12.6. The van der Waals surface area contributed by atoms with Crippen LogP contribution < -0.4 is 0 Å². The highest BCUT2D eigenvalue weighted by molar-refractivity contribution is 8.04. The molecule has 2 fully saturated rings. The second kappa shape index (κ2) is 6.97. The van der Waals surface area contributed by atoms with Crippen LogP contribution in [0.3, 0.4) is 0 Å². The van der Waals surface area contributed by atoms with Crippen molar-refractivity contribution in [3.05, 3.63) is 10.6 Å². The van der Waals surface area contributed by atoms with Crippen molar-refractivity contribution >= 4 is 29.6 Å². The number of β-lactam (4-membered cyclic amide) rings is 1. The van der Waals surface area contributed by atoms with Gasteiger partial charge in [0, 0.05) is 25.4 Å². The molecule has 3 rings (SSSR count). The summed E-state index contributed by atoms with van der Waals surface area (Å²) in [5.41, 5.74) is 0.141. The zero-order valence-corrected chi connectivity index (χ0v) is 15.1. The van der Waals surface area contributed by atoms with E-state index in [4.69, 9.17) is 14.2 Å². The van der Waals surface area contributed by atoms with Crippen molar-refractivity contribution in [2.24, 2.45) is 5.92 Å². The second-order valence-electron chi connectivity index (χ2n) is 6.28. The number of rotatable bonds is 5. The molecule has 8 nitrogen and oxygen atoms in total. The lowest BCUT2D eigenvalue weighted by atomic mass is 9.92. The van der Waals surface area contributed by atoms with E-state index in [9.17, 15) is 19.5 Å². The predicted octanol–water partition coefficient (Wildman–Crippen LogP) is 0.741. The van der Waals surface area contributed by atoms with E-state index < -0.39 is 30.3 Å². The Morgan fingerprint density at radius 3 is 2.64 bits per heavy atom. The van der Waals surface area contributed by atoms with Gasteiger partial charge in [0.1, 0.15) is 11.1 Å². The first-order valence-corrected chi connectivity index (χ1v) is 9.11. The van der Waals surface area contributed by atoms with Crippen molar-refractivity contribution in [1.82, 2.24) is 4.90 Å². The number of nitrogens with zero attached hydrogens (tertiary/aromatic N) is 1. The van der Waals surface area contributed by atoms with E-state index in [-0.39, 0.29) is 23.1 Å². The van der Waals surface area contributed by atoms with E-state index in [2.05, 4.69) is 0 Å². The van der Waals surface area contributed by atoms with Crippen LogP contribution in [0.4, 0.5) is 0 Å². The van der Waals surface area contributed by atoms with Crippen LogP contribution in [0.2, 0.25) is 0 Å². The Hall–Kier alpha value is -1.58. The molecule has 9 heteroatoms. The van der Waals surface area contributed by atoms with Crippen molar-refractivity contribution < 1.29 is 33.7 Å². The molecule has 0 bridgehead atoms. The minimum absolute atomic E-state index is 0.141. The highest BCUT2D eigenvalue weighted by Crippen LogP contribution is 2.52. The van der Waals surface area contributed by atoms with Crippen LogP contribution in [0.1, 0.15) is 33.6 Å². The summed E-state index contributed by atoms with van der Waals surface area (Å²) in [5, 5.41) is 9.49. The first-order chi connectivity index (χ1) is 11.8. The van der Waals surface area contributed by atoms with E-state index >= 15 is 0 Å². The van der Waals surface area contributed by atoms with Gasteiger partial charge < -0.3 is 19.3 Å². The summed E-state index contributed by atoms with van der Waals surface area (Å²) in [5.74, 6) is -2.17. The van der Waals surface area contributed by atoms with Crippen molar-refractivity contribution in [2.45, 2.75) is 57.5 Å². The quantitative estimate of drug-likeness (QED) is 0.429. The highest BCUT2D eigenvalue weighted by Gasteiger charge is 2.59. The summed E-state index contributed by atoms with van der Waals surface area (Å²) < 4.78 is 15.7. The van der Waals surface area contributed by atoms with Crippen LogP contribution in [0.25, 0.3) is 0 Å². The normalized spacial score (nSPS) is 30.6. The van der Waals surface area contributed by atoms with Gasteiger partial charge in [-0.15, -0.1) is 0 Å². The molecular formula is C16H21NO7S. The lowest BCUT2D eigenvalue weighted by Gasteiger charge is -2.43. The fourth-order valence-electron chi connectivity index (χ4n) is 3.28. The Morgan fingerprint density at radius 2 is 2.08 bits per heavy atom. The van der Waals surface area contributed by atoms with Crippen LogP contribution in [0.5, 0.6) is 0 Å². The molecule has 3 aliphatic rings. The van der Waals surface area contributed by atoms with E-state index in [1.165, 1.54) is 30.5 Å². The molecule has 1 unspecified atom stereocenters. The van der Waals surface area contributed by atoms with Crippen molar-refractivity contribution in [1.29, 1.82) is 0 Å². The van der Waals surface area contributed by atoms with Crippen LogP contribution in [-0.4, -0.2) is 58.3 Å². The molecular weight excluding hydrogens is 350 g/mol. The molecule has 2 saturated heterocycles. The van der Waals surface area contributed by atoms with E-state index in [0.717, 1.165) is 12.8 Å². The third-order valence-corrected chi connectivity index (χ3v) is 5.80. The summed E-state index contributed by atoms with van der Waals surface area (Å²) >= 11 is 1.37. The number of ether oxygens (including phenoxy) is 3. The number of carbonyl (C=O) groups is 3. The molecule has 0 aromatic carbocycles. The fraction of sp³-hybridized carbons (Fsp3) is 0.688. The molecule has 3 aliphatic heterocycles. The van der Waals surface area contributed by atoms with Gasteiger partial charge in [0.15, 0.2) is 0 Å². The average Bonchev–Trinajstić information content (AvgIpc) is 3.10. The number of aliphatic hydroxyl groups is 1. The van der Waals surface area contributed by atoms with Crippen molar-refractivity contribution in [3.63, 3.8) is 0 Å². The Bertz CT molecular complexity index is 626. The summed E-state index contributed by atoms with van der Waals surface area (Å²) in [7, 11) is 0. The fourth-order valence-corrected chi connectivity index (χ4v) is 4.97. The predicted molar refractivity (Wildman–Crippen MR) is 86.7 cm³/mol. The van der Waals surface area contributed by atoms with Crippen molar-refractivity contribution in [2.75, 3.05) is 6.61 Å². The average molecular weight is 371 g/mol. The van der Waals surface area contributed by atoms with Gasteiger partial charge in [0.2, 0.25) is 12.2 Å². The minimum Gasteiger partial charge on any atom is -0.426 e. The monoisotopic (exact) mass is 371 g/mol. The zero-order chi connectivity index (χ0) is 18.3. The van der Waals surface area contributed by atoms with Gasteiger partial charge in [0.05, 0.1) is 18.1 Å². The second-order valence-corrected chi connectivity index (χ2v) is 7.44. The smallest absolute Gasteiger partial charge is 0.359 e. The van der Waals surface area contributed by atoms with Gasteiger partial charge in [0.25, 0.3) is 0 Å². The number of esters is 2. The number of hydrogen-bond donors (Lipinski definition) is 1. The zero-order valence-electron chi connectivity index (χ0n) is 14.3. The molecule has 5 atom stereocenters. The Kier molecular flexibility index (Phi) is 5.08. The lowest BCUT2D eigenvalue weighted by Crippen LogP contribution is -2.60. The SMILES string of the molecule is CC(=O)OC(C)OC(=O)C1=C([C@H]2CCCO2)S[C@@H]2[C@@H]([C@@H](C)O)C(=O)N12. The maximum atomic E-state index is 12.6. The van der Waals surface area contributed by atoms with Crippen LogP contribution in [-0.2, 0) is 28.6 Å². The van der Waals surface area contributed by atoms with Gasteiger partial charge in [-0.1, -0.05) is 11.8 Å². The summed E-state index contributed by atoms with van der Waals surface area (Å²) in [4.78, 5) is 38.0. The van der Waals surface area contributed by atoms with Gasteiger partial charge in [-0.3, -0.25) is 14.5 Å². The number of aliphatic hydroxyl groups excluding tert-OH is 1. The summed E-state index contributed by atoms with van der Waals surface area (Å²) in [6.07, 6.45) is -0.491. The third-order valence-electron chi connectivity index (χ3n) is 4.35. The summed E-state index contributed by atoms with van der Waals surface area (Å²) in [6, 6.07) is 0. The molecule has 0 saturated carbocycles. The molecule has 3 heterocycles. The number of hydrogen-bond acceptors (Lipinski definition) is 8. The van der Waals surface area contributed by atoms with Crippen molar-refractivity contribution in [3.8, 4) is 0 Å². The van der Waals surface area contributed by atoms with Crippen LogP contribution in [0.15, 0.2) is 10.6 Å². The Labute approximate surface area is 149 Å². The van der Waals surface area contributed by atoms with Gasteiger partial charge in [-0.25, -0.2) is 4.79 Å². The molecule has 0 aromatic rings. The number of fused-ring (bicyclic) bond motifs is 1. The first kappa shape index (κ1) is 18.2. The highest BCUT2D eigenvalue weighted by atomic mass is 32.2. The molecule has 25 heavy (non-hydrogen) atoms. The molecule has 0 aromatic heterocycles. The third kappa shape index (κ3) is 3.28. The van der Waals surface area contributed by atoms with Crippen LogP contribution >= 0.6 is 11.8 Å². The summed E-state index contributed by atoms with van der Waals surface area (Å²) in [6.45, 7) is 4.81. The molecule has 0 radical (unpaired) electrons. The number of carbonyl (C=O) groups excluding carboxylic acids is 3. The molecule has 0 aliphatic carbocycles. The van der Waals surface area contributed by atoms with E-state index in [1.54, 1.807) is 6.92 Å². The number of amides is 1. The van der Waals surface area contributed by atoms with Gasteiger partial charge in [-0.2, -0.15) is 0 Å². The van der Waals surface area contributed by atoms with Crippen LogP contribution in [0, 0.1) is 5.92 Å². The van der Waals surface area contributed by atoms with Gasteiger partial charge >= 0.3 is 11.9 Å². The first-order valence-electron chi connectivity index (χ1n) is 8.23. The van der Waals surface area contributed by atoms with E-state index in [0.29, 0.717) is 11.5 Å². The van der Waals surface area contributed by atoms with Gasteiger partial charge in [-0.05, 0) is 19.8 Å². The van der Waals surface area contributed by atoms with E-state index in [1.807, 2.05) is 0 Å². The lowest BCUT2D eigenvalue weighted by molar-refractivity contribution is -0.183. The molecule has 0 spiro atoms. The molecule has 1 N–H and O–H groups in total. The Balaban J connectivity index is 1.83. The minimum atomic E-state index is -1.06. The Morgan fingerprint density at radius 1 is 1.36 bits per heavy atom. The standard InChI is InChI=1S/C16H21NO7S/c1-7(18)11-14(20)17-12(16(21)24-9(3)23-8(2)19)13(25-15(11)17)10-5-4-6-22-10/h7,9-11,15,18H,4-6H2,1-3H3/t7-,9?,10-,11+,15-/m1/s1. The maximum Gasteiger partial charge on any atom is 0.359 e.